The Labute approximate surface area is 127 Å². The van der Waals surface area contributed by atoms with Crippen molar-refractivity contribution in [3.63, 3.8) is 0 Å². The monoisotopic (exact) mass is 345 g/mol. The highest BCUT2D eigenvalue weighted by molar-refractivity contribution is 9.10. The van der Waals surface area contributed by atoms with Crippen molar-refractivity contribution in [2.45, 2.75) is 33.3 Å². The topological polar surface area (TPSA) is 70.0 Å². The molecule has 0 unspecified atom stereocenters. The second-order valence-electron chi connectivity index (χ2n) is 5.45. The van der Waals surface area contributed by atoms with Gasteiger partial charge in [0.05, 0.1) is 18.8 Å². The van der Waals surface area contributed by atoms with Crippen LogP contribution in [-0.4, -0.2) is 35.1 Å². The molecule has 1 aromatic rings. The lowest BCUT2D eigenvalue weighted by atomic mass is 10.1. The van der Waals surface area contributed by atoms with Crippen LogP contribution >= 0.6 is 15.9 Å². The molecule has 0 aliphatic heterocycles. The second-order valence-corrected chi connectivity index (χ2v) is 6.36. The number of carbonyl (C=O) groups is 1. The van der Waals surface area contributed by atoms with Crippen LogP contribution in [0.1, 0.15) is 26.3 Å². The van der Waals surface area contributed by atoms with Gasteiger partial charge in [0.15, 0.2) is 0 Å². The number of ether oxygens (including phenoxy) is 1. The maximum atomic E-state index is 12.2. The van der Waals surface area contributed by atoms with E-state index in [4.69, 9.17) is 9.84 Å². The number of hydrogen-bond donors (Lipinski definition) is 2. The average molecular weight is 346 g/mol. The number of benzene rings is 1. The third kappa shape index (κ3) is 4.38. The number of phenolic OH excluding ortho intramolecular Hbond substituents is 1. The number of carbonyl (C=O) groups excluding carboxylic acids is 1. The van der Waals surface area contributed by atoms with Gasteiger partial charge in [-0.25, -0.2) is 4.79 Å². The van der Waals surface area contributed by atoms with E-state index in [9.17, 15) is 9.90 Å². The van der Waals surface area contributed by atoms with Crippen LogP contribution in [0.2, 0.25) is 0 Å². The molecule has 1 amide bonds. The SMILES string of the molecule is Cc1cc(Br)cc(N(CCO)C(=O)OC(C)(C)C)c1O. The number of aliphatic hydroxyl groups is 1. The van der Waals surface area contributed by atoms with Gasteiger partial charge in [0, 0.05) is 4.47 Å². The molecule has 0 aromatic heterocycles. The Hall–Kier alpha value is -1.27. The number of aryl methyl sites for hydroxylation is 1. The fourth-order valence-electron chi connectivity index (χ4n) is 1.65. The van der Waals surface area contributed by atoms with Crippen molar-refractivity contribution in [2.75, 3.05) is 18.1 Å². The summed E-state index contributed by atoms with van der Waals surface area (Å²) in [6.07, 6.45) is -0.612. The Bertz CT molecular complexity index is 497. The van der Waals surface area contributed by atoms with Crippen LogP contribution in [0.25, 0.3) is 0 Å². The van der Waals surface area contributed by atoms with E-state index in [-0.39, 0.29) is 18.9 Å². The molecule has 1 aromatic carbocycles. The fraction of sp³-hybridized carbons (Fsp3) is 0.500. The quantitative estimate of drug-likeness (QED) is 0.882. The summed E-state index contributed by atoms with van der Waals surface area (Å²) in [7, 11) is 0. The van der Waals surface area contributed by atoms with E-state index in [1.54, 1.807) is 39.8 Å². The summed E-state index contributed by atoms with van der Waals surface area (Å²) in [5.41, 5.74) is 0.280. The molecule has 1 rings (SSSR count). The first kappa shape index (κ1) is 16.8. The number of phenols is 1. The minimum absolute atomic E-state index is 0.00694. The first-order chi connectivity index (χ1) is 9.15. The van der Waals surface area contributed by atoms with Crippen molar-refractivity contribution in [1.82, 2.24) is 0 Å². The Morgan fingerprint density at radius 3 is 2.50 bits per heavy atom. The van der Waals surface area contributed by atoms with E-state index in [0.717, 1.165) is 4.47 Å². The summed E-state index contributed by atoms with van der Waals surface area (Å²) >= 11 is 3.32. The predicted octanol–water partition coefficient (Wildman–Crippen LogP) is 3.20. The summed E-state index contributed by atoms with van der Waals surface area (Å²) in [6, 6.07) is 3.35. The molecule has 112 valence electrons. The molecule has 5 nitrogen and oxygen atoms in total. The van der Waals surface area contributed by atoms with Crippen LogP contribution in [0, 0.1) is 6.92 Å². The Morgan fingerprint density at radius 1 is 1.40 bits per heavy atom. The number of rotatable bonds is 3. The molecule has 0 heterocycles. The molecular weight excluding hydrogens is 326 g/mol. The molecule has 0 bridgehead atoms. The van der Waals surface area contributed by atoms with Gasteiger partial charge in [-0.15, -0.1) is 0 Å². The van der Waals surface area contributed by atoms with Crippen molar-refractivity contribution >= 4 is 27.7 Å². The molecule has 2 N–H and O–H groups in total. The zero-order valence-electron chi connectivity index (χ0n) is 12.1. The van der Waals surface area contributed by atoms with Gasteiger partial charge in [-0.2, -0.15) is 0 Å². The minimum atomic E-state index is -0.651. The molecule has 6 heteroatoms. The fourth-order valence-corrected chi connectivity index (χ4v) is 2.21. The van der Waals surface area contributed by atoms with E-state index in [2.05, 4.69) is 15.9 Å². The third-order valence-corrected chi connectivity index (χ3v) is 2.93. The largest absolute Gasteiger partial charge is 0.505 e. The smallest absolute Gasteiger partial charge is 0.415 e. The molecule has 0 atom stereocenters. The molecule has 0 radical (unpaired) electrons. The van der Waals surface area contributed by atoms with Crippen molar-refractivity contribution in [3.05, 3.63) is 22.2 Å². The van der Waals surface area contributed by atoms with Crippen LogP contribution in [0.15, 0.2) is 16.6 Å². The summed E-state index contributed by atoms with van der Waals surface area (Å²) in [5, 5.41) is 19.2. The summed E-state index contributed by atoms with van der Waals surface area (Å²) in [5.74, 6) is -0.00694. The van der Waals surface area contributed by atoms with Gasteiger partial charge in [-0.3, -0.25) is 4.90 Å². The molecule has 0 saturated heterocycles. The Morgan fingerprint density at radius 2 is 2.00 bits per heavy atom. The molecule has 0 fully saturated rings. The normalized spacial score (nSPS) is 11.3. The van der Waals surface area contributed by atoms with Gasteiger partial charge in [-0.05, 0) is 45.4 Å². The van der Waals surface area contributed by atoms with Crippen molar-refractivity contribution in [2.24, 2.45) is 0 Å². The predicted molar refractivity (Wildman–Crippen MR) is 81.2 cm³/mol. The van der Waals surface area contributed by atoms with Gasteiger partial charge >= 0.3 is 6.09 Å². The highest BCUT2D eigenvalue weighted by atomic mass is 79.9. The number of aliphatic hydroxyl groups excluding tert-OH is 1. The first-order valence-electron chi connectivity index (χ1n) is 6.26. The standard InChI is InChI=1S/C14H20BrNO4/c1-9-7-10(15)8-11(12(9)18)16(5-6-17)13(19)20-14(2,3)4/h7-8,17-18H,5-6H2,1-4H3. The number of anilines is 1. The van der Waals surface area contributed by atoms with E-state index in [1.807, 2.05) is 0 Å². The molecule has 20 heavy (non-hydrogen) atoms. The maximum absolute atomic E-state index is 12.2. The van der Waals surface area contributed by atoms with Crippen LogP contribution in [0.4, 0.5) is 10.5 Å². The lowest BCUT2D eigenvalue weighted by Crippen LogP contribution is -2.38. The van der Waals surface area contributed by atoms with Crippen molar-refractivity contribution in [1.29, 1.82) is 0 Å². The van der Waals surface area contributed by atoms with Gasteiger partial charge < -0.3 is 14.9 Å². The van der Waals surface area contributed by atoms with Crippen LogP contribution in [0.5, 0.6) is 5.75 Å². The van der Waals surface area contributed by atoms with Crippen molar-refractivity contribution in [3.8, 4) is 5.75 Å². The zero-order chi connectivity index (χ0) is 15.5. The number of hydrogen-bond acceptors (Lipinski definition) is 4. The van der Waals surface area contributed by atoms with Gasteiger partial charge in [-0.1, -0.05) is 15.9 Å². The molecule has 0 aliphatic rings. The number of amides is 1. The molecule has 0 spiro atoms. The highest BCUT2D eigenvalue weighted by Gasteiger charge is 2.25. The number of nitrogens with zero attached hydrogens (tertiary/aromatic N) is 1. The van der Waals surface area contributed by atoms with E-state index < -0.39 is 11.7 Å². The summed E-state index contributed by atoms with van der Waals surface area (Å²) in [6.45, 7) is 6.81. The van der Waals surface area contributed by atoms with Gasteiger partial charge in [0.2, 0.25) is 0 Å². The Balaban J connectivity index is 3.17. The zero-order valence-corrected chi connectivity index (χ0v) is 13.7. The van der Waals surface area contributed by atoms with E-state index >= 15 is 0 Å². The third-order valence-electron chi connectivity index (χ3n) is 2.47. The lowest BCUT2D eigenvalue weighted by molar-refractivity contribution is 0.0572. The van der Waals surface area contributed by atoms with Gasteiger partial charge in [0.1, 0.15) is 11.4 Å². The Kier molecular flexibility index (Phi) is 5.42. The first-order valence-corrected chi connectivity index (χ1v) is 7.05. The summed E-state index contributed by atoms with van der Waals surface area (Å²) < 4.78 is 6.02. The van der Waals surface area contributed by atoms with Crippen LogP contribution in [0.3, 0.4) is 0 Å². The highest BCUT2D eigenvalue weighted by Crippen LogP contribution is 2.34. The summed E-state index contributed by atoms with van der Waals surface area (Å²) in [4.78, 5) is 13.4. The average Bonchev–Trinajstić information content (AvgIpc) is 2.28. The minimum Gasteiger partial charge on any atom is -0.505 e. The molecular formula is C14H20BrNO4. The maximum Gasteiger partial charge on any atom is 0.415 e. The van der Waals surface area contributed by atoms with E-state index in [0.29, 0.717) is 11.3 Å². The van der Waals surface area contributed by atoms with Crippen molar-refractivity contribution < 1.29 is 19.7 Å². The molecule has 0 aliphatic carbocycles. The second kappa shape index (κ2) is 6.45. The number of halogens is 1. The van der Waals surface area contributed by atoms with Gasteiger partial charge in [0.25, 0.3) is 0 Å². The lowest BCUT2D eigenvalue weighted by Gasteiger charge is -2.27. The van der Waals surface area contributed by atoms with Crippen LogP contribution in [-0.2, 0) is 4.74 Å². The molecule has 0 saturated carbocycles. The van der Waals surface area contributed by atoms with Crippen LogP contribution < -0.4 is 4.90 Å². The van der Waals surface area contributed by atoms with E-state index in [1.165, 1.54) is 4.90 Å². The number of aromatic hydroxyl groups is 1.